The Morgan fingerprint density at radius 1 is 1.33 bits per heavy atom. The fourth-order valence-electron chi connectivity index (χ4n) is 2.43. The molecule has 0 amide bonds. The zero-order chi connectivity index (χ0) is 12.5. The van der Waals surface area contributed by atoms with Crippen LogP contribution in [0, 0.1) is 11.8 Å². The van der Waals surface area contributed by atoms with Crippen molar-refractivity contribution in [1.29, 1.82) is 0 Å². The normalized spacial score (nSPS) is 19.3. The molecule has 18 heavy (non-hydrogen) atoms. The van der Waals surface area contributed by atoms with E-state index < -0.39 is 0 Å². The van der Waals surface area contributed by atoms with Gasteiger partial charge in [-0.3, -0.25) is 0 Å². The first-order valence-electron chi connectivity index (χ1n) is 6.55. The first-order valence-corrected chi connectivity index (χ1v) is 6.93. The Bertz CT molecular complexity index is 420. The van der Waals surface area contributed by atoms with Crippen LogP contribution in [0.15, 0.2) is 6.07 Å². The highest BCUT2D eigenvalue weighted by molar-refractivity contribution is 6.29. The maximum atomic E-state index is 6.01. The van der Waals surface area contributed by atoms with Crippen molar-refractivity contribution in [1.82, 2.24) is 9.97 Å². The second-order valence-corrected chi connectivity index (χ2v) is 5.66. The number of methoxy groups -OCH3 is 1. The maximum Gasteiger partial charge on any atom is 0.158 e. The summed E-state index contributed by atoms with van der Waals surface area (Å²) in [7, 11) is 1.63. The van der Waals surface area contributed by atoms with Gasteiger partial charge in [-0.05, 0) is 37.5 Å². The molecule has 2 saturated carbocycles. The van der Waals surface area contributed by atoms with E-state index in [9.17, 15) is 0 Å². The van der Waals surface area contributed by atoms with Crippen LogP contribution in [0.25, 0.3) is 0 Å². The Hall–Kier alpha value is -0.870. The third-order valence-corrected chi connectivity index (χ3v) is 3.78. The maximum absolute atomic E-state index is 6.01. The lowest BCUT2D eigenvalue weighted by atomic mass is 10.1. The van der Waals surface area contributed by atoms with Gasteiger partial charge in [0.15, 0.2) is 5.82 Å². The van der Waals surface area contributed by atoms with E-state index >= 15 is 0 Å². The highest BCUT2D eigenvalue weighted by Crippen LogP contribution is 2.45. The molecular formula is C13H18ClN3O. The van der Waals surface area contributed by atoms with Gasteiger partial charge in [-0.1, -0.05) is 11.6 Å². The first-order chi connectivity index (χ1) is 8.76. The molecule has 0 unspecified atom stereocenters. The van der Waals surface area contributed by atoms with E-state index in [2.05, 4.69) is 15.3 Å². The number of hydrogen-bond donors (Lipinski definition) is 1. The Labute approximate surface area is 112 Å². The molecule has 1 heterocycles. The highest BCUT2D eigenvalue weighted by Gasteiger charge is 2.41. The molecule has 0 aromatic carbocycles. The molecular weight excluding hydrogens is 250 g/mol. The van der Waals surface area contributed by atoms with E-state index in [0.29, 0.717) is 23.6 Å². The van der Waals surface area contributed by atoms with Crippen molar-refractivity contribution in [2.75, 3.05) is 12.4 Å². The Balaban J connectivity index is 1.73. The minimum atomic E-state index is 0.396. The van der Waals surface area contributed by atoms with Gasteiger partial charge in [-0.2, -0.15) is 0 Å². The number of hydrogen-bond acceptors (Lipinski definition) is 4. The van der Waals surface area contributed by atoms with Crippen LogP contribution in [0.3, 0.4) is 0 Å². The molecule has 4 nitrogen and oxygen atoms in total. The van der Waals surface area contributed by atoms with E-state index in [4.69, 9.17) is 16.3 Å². The topological polar surface area (TPSA) is 47.0 Å². The fourth-order valence-corrected chi connectivity index (χ4v) is 2.64. The predicted molar refractivity (Wildman–Crippen MR) is 70.6 cm³/mol. The van der Waals surface area contributed by atoms with Crippen molar-refractivity contribution in [3.8, 4) is 0 Å². The number of rotatable bonds is 6. The van der Waals surface area contributed by atoms with Crippen LogP contribution in [0.5, 0.6) is 0 Å². The quantitative estimate of drug-likeness (QED) is 0.805. The molecule has 1 N–H and O–H groups in total. The van der Waals surface area contributed by atoms with Crippen LogP contribution in [0.2, 0.25) is 5.15 Å². The molecule has 1 aromatic rings. The molecule has 0 saturated heterocycles. The molecule has 2 aliphatic rings. The van der Waals surface area contributed by atoms with Crippen molar-refractivity contribution in [2.45, 2.75) is 38.3 Å². The van der Waals surface area contributed by atoms with Gasteiger partial charge in [0.05, 0.1) is 0 Å². The molecule has 0 aliphatic heterocycles. The standard InChI is InChI=1S/C13H18ClN3O/c1-18-7-12-15-10(14)6-11(16-12)17-13(8-2-3-8)9-4-5-9/h6,8-9,13H,2-5,7H2,1H3,(H,15,16,17). The van der Waals surface area contributed by atoms with Gasteiger partial charge in [0.25, 0.3) is 0 Å². The Kier molecular flexibility index (Phi) is 3.39. The molecule has 3 rings (SSSR count). The molecule has 0 atom stereocenters. The van der Waals surface area contributed by atoms with E-state index in [1.165, 1.54) is 25.7 Å². The van der Waals surface area contributed by atoms with Gasteiger partial charge in [-0.15, -0.1) is 0 Å². The number of aromatic nitrogens is 2. The van der Waals surface area contributed by atoms with Crippen LogP contribution in [0.1, 0.15) is 31.5 Å². The van der Waals surface area contributed by atoms with Gasteiger partial charge in [0.2, 0.25) is 0 Å². The zero-order valence-corrected chi connectivity index (χ0v) is 11.3. The van der Waals surface area contributed by atoms with Crippen LogP contribution >= 0.6 is 11.6 Å². The Morgan fingerprint density at radius 3 is 2.56 bits per heavy atom. The second-order valence-electron chi connectivity index (χ2n) is 5.27. The summed E-state index contributed by atoms with van der Waals surface area (Å²) in [6.45, 7) is 0.396. The van der Waals surface area contributed by atoms with Crippen LogP contribution in [-0.4, -0.2) is 23.1 Å². The summed E-state index contributed by atoms with van der Waals surface area (Å²) in [6.07, 6.45) is 5.38. The van der Waals surface area contributed by atoms with Gasteiger partial charge in [0, 0.05) is 19.2 Å². The average molecular weight is 268 g/mol. The van der Waals surface area contributed by atoms with E-state index in [-0.39, 0.29) is 0 Å². The van der Waals surface area contributed by atoms with Gasteiger partial charge in [0.1, 0.15) is 17.6 Å². The average Bonchev–Trinajstić information content (AvgIpc) is 3.18. The largest absolute Gasteiger partial charge is 0.377 e. The molecule has 98 valence electrons. The fraction of sp³-hybridized carbons (Fsp3) is 0.692. The summed E-state index contributed by atoms with van der Waals surface area (Å²) < 4.78 is 5.05. The highest BCUT2D eigenvalue weighted by atomic mass is 35.5. The number of halogens is 1. The minimum Gasteiger partial charge on any atom is -0.377 e. The molecule has 0 spiro atoms. The summed E-state index contributed by atoms with van der Waals surface area (Å²) in [5.74, 6) is 3.14. The molecule has 0 bridgehead atoms. The lowest BCUT2D eigenvalue weighted by Gasteiger charge is -2.18. The summed E-state index contributed by atoms with van der Waals surface area (Å²) in [5, 5.41) is 4.03. The summed E-state index contributed by atoms with van der Waals surface area (Å²) in [4.78, 5) is 8.59. The first kappa shape index (κ1) is 12.2. The van der Waals surface area contributed by atoms with Crippen LogP contribution < -0.4 is 5.32 Å². The minimum absolute atomic E-state index is 0.396. The zero-order valence-electron chi connectivity index (χ0n) is 10.5. The third kappa shape index (κ3) is 2.93. The summed E-state index contributed by atoms with van der Waals surface area (Å²) in [6, 6.07) is 2.38. The number of anilines is 1. The van der Waals surface area contributed by atoms with E-state index in [1.807, 2.05) is 0 Å². The van der Waals surface area contributed by atoms with Gasteiger partial charge < -0.3 is 10.1 Å². The second kappa shape index (κ2) is 5.02. The lowest BCUT2D eigenvalue weighted by Crippen LogP contribution is -2.25. The molecule has 0 radical (unpaired) electrons. The third-order valence-electron chi connectivity index (χ3n) is 3.59. The molecule has 5 heteroatoms. The monoisotopic (exact) mass is 267 g/mol. The summed E-state index contributed by atoms with van der Waals surface area (Å²) in [5.41, 5.74) is 0. The van der Waals surface area contributed by atoms with Gasteiger partial charge in [-0.25, -0.2) is 9.97 Å². The molecule has 2 fully saturated rings. The molecule has 1 aromatic heterocycles. The number of ether oxygens (including phenoxy) is 1. The smallest absolute Gasteiger partial charge is 0.158 e. The lowest BCUT2D eigenvalue weighted by molar-refractivity contribution is 0.178. The number of nitrogens with one attached hydrogen (secondary N) is 1. The van der Waals surface area contributed by atoms with Crippen molar-refractivity contribution in [2.24, 2.45) is 11.8 Å². The molecule has 2 aliphatic carbocycles. The predicted octanol–water partition coefficient (Wildman–Crippen LogP) is 2.88. The number of nitrogens with zero attached hydrogens (tertiary/aromatic N) is 2. The summed E-state index contributed by atoms with van der Waals surface area (Å²) >= 11 is 6.01. The van der Waals surface area contributed by atoms with Crippen LogP contribution in [-0.2, 0) is 11.3 Å². The van der Waals surface area contributed by atoms with Gasteiger partial charge >= 0.3 is 0 Å². The van der Waals surface area contributed by atoms with Crippen molar-refractivity contribution in [3.05, 3.63) is 17.0 Å². The Morgan fingerprint density at radius 2 is 2.00 bits per heavy atom. The van der Waals surface area contributed by atoms with E-state index in [1.54, 1.807) is 13.2 Å². The van der Waals surface area contributed by atoms with Crippen molar-refractivity contribution in [3.63, 3.8) is 0 Å². The van der Waals surface area contributed by atoms with Crippen molar-refractivity contribution >= 4 is 17.4 Å². The van der Waals surface area contributed by atoms with E-state index in [0.717, 1.165) is 17.7 Å². The van der Waals surface area contributed by atoms with Crippen molar-refractivity contribution < 1.29 is 4.74 Å². The van der Waals surface area contributed by atoms with Crippen LogP contribution in [0.4, 0.5) is 5.82 Å². The SMILES string of the molecule is COCc1nc(Cl)cc(NC(C2CC2)C2CC2)n1.